The largest absolute Gasteiger partial charge is 0.324 e. The second-order valence-corrected chi connectivity index (χ2v) is 7.94. The highest BCUT2D eigenvalue weighted by molar-refractivity contribution is 7.98. The zero-order valence-electron chi connectivity index (χ0n) is 15.0. The van der Waals surface area contributed by atoms with Crippen molar-refractivity contribution < 1.29 is 23.2 Å². The van der Waals surface area contributed by atoms with Crippen LogP contribution in [-0.2, 0) is 14.4 Å². The van der Waals surface area contributed by atoms with Crippen LogP contribution in [-0.4, -0.2) is 40.7 Å². The molecule has 8 heteroatoms. The lowest BCUT2D eigenvalue weighted by Gasteiger charge is -2.26. The number of halogens is 2. The molecule has 1 saturated heterocycles. The van der Waals surface area contributed by atoms with E-state index in [1.165, 1.54) is 17.8 Å². The third-order valence-corrected chi connectivity index (χ3v) is 5.92. The van der Waals surface area contributed by atoms with Gasteiger partial charge in [-0.1, -0.05) is 12.8 Å². The van der Waals surface area contributed by atoms with E-state index in [-0.39, 0.29) is 29.3 Å². The van der Waals surface area contributed by atoms with Crippen molar-refractivity contribution in [3.8, 4) is 0 Å². The molecule has 3 amide bonds. The number of imide groups is 1. The molecular weight excluding hydrogens is 374 g/mol. The van der Waals surface area contributed by atoms with Gasteiger partial charge in [-0.3, -0.25) is 19.3 Å². The topological polar surface area (TPSA) is 66.5 Å². The Labute approximate surface area is 160 Å². The summed E-state index contributed by atoms with van der Waals surface area (Å²) in [5.41, 5.74) is 0.0876. The molecule has 1 aromatic rings. The van der Waals surface area contributed by atoms with Gasteiger partial charge in [-0.25, -0.2) is 8.78 Å². The highest BCUT2D eigenvalue weighted by Crippen LogP contribution is 2.39. The Morgan fingerprint density at radius 1 is 1.19 bits per heavy atom. The van der Waals surface area contributed by atoms with Crippen LogP contribution in [0.2, 0.25) is 0 Å². The Morgan fingerprint density at radius 3 is 2.37 bits per heavy atom. The Kier molecular flexibility index (Phi) is 6.14. The molecule has 5 nitrogen and oxygen atoms in total. The van der Waals surface area contributed by atoms with Crippen LogP contribution >= 0.6 is 11.8 Å². The van der Waals surface area contributed by atoms with Crippen molar-refractivity contribution in [3.05, 3.63) is 29.8 Å². The van der Waals surface area contributed by atoms with Crippen molar-refractivity contribution in [2.45, 2.75) is 38.1 Å². The molecule has 2 fully saturated rings. The number of amides is 3. The normalized spacial score (nSPS) is 23.3. The van der Waals surface area contributed by atoms with Crippen molar-refractivity contribution in [3.63, 3.8) is 0 Å². The third-order valence-electron chi connectivity index (χ3n) is 5.27. The summed E-state index contributed by atoms with van der Waals surface area (Å²) in [4.78, 5) is 39.6. The second-order valence-electron chi connectivity index (χ2n) is 6.96. The van der Waals surface area contributed by atoms with Crippen molar-refractivity contribution in [2.75, 3.05) is 17.3 Å². The van der Waals surface area contributed by atoms with E-state index in [0.29, 0.717) is 25.0 Å². The van der Waals surface area contributed by atoms with Gasteiger partial charge in [0, 0.05) is 11.8 Å². The van der Waals surface area contributed by atoms with Crippen LogP contribution in [0.3, 0.4) is 0 Å². The second kappa shape index (κ2) is 8.37. The molecule has 3 rings (SSSR count). The Morgan fingerprint density at radius 2 is 1.81 bits per heavy atom. The molecule has 0 radical (unpaired) electrons. The minimum absolute atomic E-state index is 0.0876. The van der Waals surface area contributed by atoms with E-state index < -0.39 is 23.6 Å². The fourth-order valence-corrected chi connectivity index (χ4v) is 4.36. The van der Waals surface area contributed by atoms with Gasteiger partial charge in [-0.15, -0.1) is 0 Å². The minimum Gasteiger partial charge on any atom is -0.324 e. The minimum atomic E-state index is -1.08. The van der Waals surface area contributed by atoms with E-state index in [1.54, 1.807) is 0 Å². The van der Waals surface area contributed by atoms with Crippen LogP contribution < -0.4 is 5.32 Å². The summed E-state index contributed by atoms with van der Waals surface area (Å²) in [5, 5.41) is 2.52. The number of thioether (sulfide) groups is 1. The lowest BCUT2D eigenvalue weighted by atomic mass is 9.81. The zero-order valence-corrected chi connectivity index (χ0v) is 15.9. The van der Waals surface area contributed by atoms with E-state index in [2.05, 4.69) is 5.32 Å². The maximum atomic E-state index is 13.4. The maximum absolute atomic E-state index is 13.4. The first kappa shape index (κ1) is 19.8. The predicted molar refractivity (Wildman–Crippen MR) is 99.1 cm³/mol. The Hall–Kier alpha value is -1.96. The van der Waals surface area contributed by atoms with Crippen LogP contribution in [0.4, 0.5) is 14.5 Å². The number of likely N-dealkylation sites (tertiary alicyclic amines) is 1. The number of anilines is 1. The highest BCUT2D eigenvalue weighted by atomic mass is 32.2. The van der Waals surface area contributed by atoms with Crippen LogP contribution in [0, 0.1) is 23.5 Å². The molecule has 0 bridgehead atoms. The quantitative estimate of drug-likeness (QED) is 0.750. The monoisotopic (exact) mass is 396 g/mol. The molecule has 3 atom stereocenters. The number of hydrogen-bond donors (Lipinski definition) is 1. The van der Waals surface area contributed by atoms with Crippen LogP contribution in [0.5, 0.6) is 0 Å². The molecule has 1 saturated carbocycles. The number of nitrogens with zero attached hydrogens (tertiary/aromatic N) is 1. The summed E-state index contributed by atoms with van der Waals surface area (Å²) in [7, 11) is 0. The fourth-order valence-electron chi connectivity index (χ4n) is 3.90. The summed E-state index contributed by atoms with van der Waals surface area (Å²) in [6.07, 6.45) is 5.35. The SMILES string of the molecule is CSCCC(C(=O)Nc1ccc(F)c(F)c1)N1C(=O)C2CCCCC2C1=O. The van der Waals surface area contributed by atoms with Gasteiger partial charge in [-0.2, -0.15) is 11.8 Å². The lowest BCUT2D eigenvalue weighted by Crippen LogP contribution is -2.48. The summed E-state index contributed by atoms with van der Waals surface area (Å²) in [6, 6.07) is 2.10. The van der Waals surface area contributed by atoms with Gasteiger partial charge in [0.15, 0.2) is 11.6 Å². The predicted octanol–water partition coefficient (Wildman–Crippen LogP) is 3.20. The van der Waals surface area contributed by atoms with Gasteiger partial charge in [0.2, 0.25) is 17.7 Å². The molecule has 1 aromatic carbocycles. The first-order valence-electron chi connectivity index (χ1n) is 9.05. The van der Waals surface area contributed by atoms with Gasteiger partial charge < -0.3 is 5.32 Å². The number of nitrogens with one attached hydrogen (secondary N) is 1. The van der Waals surface area contributed by atoms with Crippen molar-refractivity contribution in [2.24, 2.45) is 11.8 Å². The van der Waals surface area contributed by atoms with E-state index in [4.69, 9.17) is 0 Å². The standard InChI is InChI=1S/C19H22F2N2O3S/c1-27-9-8-16(17(24)22-11-6-7-14(20)15(21)10-11)23-18(25)12-4-2-3-5-13(12)19(23)26/h6-7,10,12-13,16H,2-5,8-9H2,1H3,(H,22,24). The number of benzene rings is 1. The van der Waals surface area contributed by atoms with Gasteiger partial charge >= 0.3 is 0 Å². The average molecular weight is 396 g/mol. The molecule has 1 aliphatic heterocycles. The number of hydrogen-bond acceptors (Lipinski definition) is 4. The number of rotatable bonds is 6. The molecular formula is C19H22F2N2O3S. The molecule has 3 unspecified atom stereocenters. The molecule has 0 spiro atoms. The average Bonchev–Trinajstić information content (AvgIpc) is 2.90. The number of carbonyl (C=O) groups is 3. The maximum Gasteiger partial charge on any atom is 0.247 e. The summed E-state index contributed by atoms with van der Waals surface area (Å²) in [6.45, 7) is 0. The smallest absolute Gasteiger partial charge is 0.247 e. The van der Waals surface area contributed by atoms with Crippen LogP contribution in [0.1, 0.15) is 32.1 Å². The number of carbonyl (C=O) groups excluding carboxylic acids is 3. The summed E-state index contributed by atoms with van der Waals surface area (Å²) < 4.78 is 26.5. The molecule has 1 heterocycles. The van der Waals surface area contributed by atoms with Crippen molar-refractivity contribution >= 4 is 35.2 Å². The van der Waals surface area contributed by atoms with Gasteiger partial charge in [0.25, 0.3) is 0 Å². The molecule has 27 heavy (non-hydrogen) atoms. The third kappa shape index (κ3) is 4.00. The molecule has 1 N–H and O–H groups in total. The van der Waals surface area contributed by atoms with Crippen molar-refractivity contribution in [1.82, 2.24) is 4.90 Å². The summed E-state index contributed by atoms with van der Waals surface area (Å²) >= 11 is 1.51. The van der Waals surface area contributed by atoms with E-state index in [9.17, 15) is 23.2 Å². The molecule has 146 valence electrons. The molecule has 2 aliphatic rings. The molecule has 1 aliphatic carbocycles. The molecule has 0 aromatic heterocycles. The van der Waals surface area contributed by atoms with Gasteiger partial charge in [0.1, 0.15) is 6.04 Å². The van der Waals surface area contributed by atoms with E-state index >= 15 is 0 Å². The lowest BCUT2D eigenvalue weighted by molar-refractivity contribution is -0.146. The van der Waals surface area contributed by atoms with Crippen LogP contribution in [0.15, 0.2) is 18.2 Å². The zero-order chi connectivity index (χ0) is 19.6. The van der Waals surface area contributed by atoms with E-state index in [1.807, 2.05) is 6.26 Å². The van der Waals surface area contributed by atoms with Gasteiger partial charge in [0.05, 0.1) is 11.8 Å². The first-order chi connectivity index (χ1) is 12.9. The Bertz CT molecular complexity index is 734. The van der Waals surface area contributed by atoms with E-state index in [0.717, 1.165) is 29.9 Å². The summed E-state index contributed by atoms with van der Waals surface area (Å²) in [5.74, 6) is -3.29. The van der Waals surface area contributed by atoms with Gasteiger partial charge in [-0.05, 0) is 43.4 Å². The highest BCUT2D eigenvalue weighted by Gasteiger charge is 2.51. The van der Waals surface area contributed by atoms with Crippen molar-refractivity contribution in [1.29, 1.82) is 0 Å². The first-order valence-corrected chi connectivity index (χ1v) is 10.4. The Balaban J connectivity index is 1.82. The fraction of sp³-hybridized carbons (Fsp3) is 0.526. The number of fused-ring (bicyclic) bond motifs is 1. The van der Waals surface area contributed by atoms with Crippen LogP contribution in [0.25, 0.3) is 0 Å².